The second kappa shape index (κ2) is 8.59. The van der Waals surface area contributed by atoms with E-state index >= 15 is 0 Å². The van der Waals surface area contributed by atoms with Gasteiger partial charge in [0.2, 0.25) is 5.91 Å². The second-order valence-corrected chi connectivity index (χ2v) is 6.48. The van der Waals surface area contributed by atoms with Crippen LogP contribution in [0.25, 0.3) is 11.4 Å². The zero-order chi connectivity index (χ0) is 18.4. The Bertz CT molecular complexity index is 865. The van der Waals surface area contributed by atoms with Crippen LogP contribution in [0.15, 0.2) is 53.9 Å². The van der Waals surface area contributed by atoms with E-state index in [1.165, 1.54) is 0 Å². The Morgan fingerprint density at radius 2 is 1.88 bits per heavy atom. The quantitative estimate of drug-likeness (QED) is 0.613. The highest BCUT2D eigenvalue weighted by Crippen LogP contribution is 2.26. The van der Waals surface area contributed by atoms with E-state index in [4.69, 9.17) is 10.5 Å². The number of aromatic nitrogens is 4. The lowest BCUT2D eigenvalue weighted by Gasteiger charge is -2.09. The van der Waals surface area contributed by atoms with E-state index in [9.17, 15) is 4.79 Å². The number of nitrogens with zero attached hydrogens (tertiary/aromatic N) is 4. The minimum atomic E-state index is -0.425. The molecule has 0 fully saturated rings. The van der Waals surface area contributed by atoms with Crippen molar-refractivity contribution in [1.29, 1.82) is 0 Å². The van der Waals surface area contributed by atoms with E-state index in [0.29, 0.717) is 24.5 Å². The Kier molecular flexibility index (Phi) is 5.98. The van der Waals surface area contributed by atoms with Crippen molar-refractivity contribution >= 4 is 17.7 Å². The van der Waals surface area contributed by atoms with Crippen LogP contribution < -0.4 is 5.73 Å². The highest BCUT2D eigenvalue weighted by atomic mass is 32.2. The van der Waals surface area contributed by atoms with Crippen molar-refractivity contribution in [2.45, 2.75) is 17.5 Å². The predicted octanol–water partition coefficient (Wildman–Crippen LogP) is 2.38. The number of nitrogens with two attached hydrogens (primary N) is 1. The summed E-state index contributed by atoms with van der Waals surface area (Å²) in [6.45, 7) is 1.22. The number of carbonyl (C=O) groups excluding carboxylic acids is 1. The van der Waals surface area contributed by atoms with Gasteiger partial charge < -0.3 is 10.5 Å². The number of thioether (sulfide) groups is 1. The smallest absolute Gasteiger partial charge is 0.248 e. The molecule has 2 aromatic heterocycles. The minimum Gasteiger partial charge on any atom is -0.383 e. The molecule has 0 aliphatic rings. The molecule has 7 nitrogen and oxygen atoms in total. The van der Waals surface area contributed by atoms with Gasteiger partial charge in [0.15, 0.2) is 11.0 Å². The molecule has 0 atom stereocenters. The summed E-state index contributed by atoms with van der Waals surface area (Å²) < 4.78 is 7.26. The summed E-state index contributed by atoms with van der Waals surface area (Å²) in [4.78, 5) is 15.2. The third-order valence-electron chi connectivity index (χ3n) is 3.78. The maximum Gasteiger partial charge on any atom is 0.248 e. The molecule has 2 heterocycles. The molecule has 26 heavy (non-hydrogen) atoms. The molecule has 3 rings (SSSR count). The summed E-state index contributed by atoms with van der Waals surface area (Å²) in [5, 5.41) is 9.48. The van der Waals surface area contributed by atoms with Crippen LogP contribution in [0.3, 0.4) is 0 Å². The normalized spacial score (nSPS) is 10.8. The lowest BCUT2D eigenvalue weighted by molar-refractivity contribution is 0.100. The minimum absolute atomic E-state index is 0.425. The van der Waals surface area contributed by atoms with E-state index in [1.54, 1.807) is 43.4 Å². The number of ether oxygens (including phenoxy) is 1. The van der Waals surface area contributed by atoms with E-state index in [2.05, 4.69) is 15.2 Å². The predicted molar refractivity (Wildman–Crippen MR) is 99.6 cm³/mol. The average Bonchev–Trinajstić information content (AvgIpc) is 3.08. The number of hydrogen-bond acceptors (Lipinski definition) is 6. The van der Waals surface area contributed by atoms with Gasteiger partial charge in [-0.05, 0) is 29.8 Å². The van der Waals surface area contributed by atoms with Crippen LogP contribution in [0.4, 0.5) is 0 Å². The third kappa shape index (κ3) is 4.27. The molecule has 134 valence electrons. The van der Waals surface area contributed by atoms with Crippen molar-refractivity contribution in [3.05, 3.63) is 59.9 Å². The van der Waals surface area contributed by atoms with Crippen LogP contribution in [0.2, 0.25) is 0 Å². The zero-order valence-corrected chi connectivity index (χ0v) is 15.1. The Hall–Kier alpha value is -2.71. The molecule has 1 aromatic carbocycles. The van der Waals surface area contributed by atoms with Gasteiger partial charge in [-0.1, -0.05) is 23.9 Å². The number of hydrogen-bond donors (Lipinski definition) is 1. The summed E-state index contributed by atoms with van der Waals surface area (Å²) in [6, 6.07) is 11.1. The largest absolute Gasteiger partial charge is 0.383 e. The standard InChI is InChI=1S/C18H19N5O2S/c1-25-11-10-23-17(15-6-8-20-9-7-15)21-22-18(23)26-12-13-2-4-14(5-3-13)16(19)24/h2-9H,10-12H2,1H3,(H2,19,24). The lowest BCUT2D eigenvalue weighted by Crippen LogP contribution is -2.10. The summed E-state index contributed by atoms with van der Waals surface area (Å²) >= 11 is 1.58. The number of rotatable bonds is 8. The fraction of sp³-hybridized carbons (Fsp3) is 0.222. The Morgan fingerprint density at radius 3 is 2.54 bits per heavy atom. The molecule has 0 unspecified atom stereocenters. The summed E-state index contributed by atoms with van der Waals surface area (Å²) in [5.41, 5.74) is 7.81. The van der Waals surface area contributed by atoms with Crippen molar-refractivity contribution in [1.82, 2.24) is 19.7 Å². The first-order valence-corrected chi connectivity index (χ1v) is 9.01. The van der Waals surface area contributed by atoms with Gasteiger partial charge in [0.05, 0.1) is 13.2 Å². The van der Waals surface area contributed by atoms with Crippen LogP contribution in [-0.4, -0.2) is 39.4 Å². The monoisotopic (exact) mass is 369 g/mol. The highest BCUT2D eigenvalue weighted by molar-refractivity contribution is 7.98. The summed E-state index contributed by atoms with van der Waals surface area (Å²) in [6.07, 6.45) is 3.47. The van der Waals surface area contributed by atoms with E-state index < -0.39 is 5.91 Å². The molecule has 0 aliphatic carbocycles. The second-order valence-electron chi connectivity index (χ2n) is 5.54. The van der Waals surface area contributed by atoms with Gasteiger partial charge in [0, 0.05) is 36.4 Å². The summed E-state index contributed by atoms with van der Waals surface area (Å²) in [5.74, 6) is 1.07. The van der Waals surface area contributed by atoms with Crippen LogP contribution in [-0.2, 0) is 17.0 Å². The maximum absolute atomic E-state index is 11.2. The number of pyridine rings is 1. The molecule has 1 amide bonds. The van der Waals surface area contributed by atoms with E-state index in [1.807, 2.05) is 28.8 Å². The molecule has 2 N–H and O–H groups in total. The van der Waals surface area contributed by atoms with Crippen LogP contribution >= 0.6 is 11.8 Å². The Morgan fingerprint density at radius 1 is 1.15 bits per heavy atom. The number of amides is 1. The lowest BCUT2D eigenvalue weighted by atomic mass is 10.1. The first kappa shape index (κ1) is 18.1. The SMILES string of the molecule is COCCn1c(SCc2ccc(C(N)=O)cc2)nnc1-c1ccncc1. The van der Waals surface area contributed by atoms with Crippen molar-refractivity contribution in [3.8, 4) is 11.4 Å². The Labute approximate surface area is 155 Å². The van der Waals surface area contributed by atoms with E-state index in [0.717, 1.165) is 22.1 Å². The molecule has 8 heteroatoms. The first-order valence-electron chi connectivity index (χ1n) is 8.03. The first-order chi connectivity index (χ1) is 12.7. The fourth-order valence-electron chi connectivity index (χ4n) is 2.41. The highest BCUT2D eigenvalue weighted by Gasteiger charge is 2.14. The van der Waals surface area contributed by atoms with Crippen molar-refractivity contribution in [3.63, 3.8) is 0 Å². The van der Waals surface area contributed by atoms with Crippen LogP contribution in [0, 0.1) is 0 Å². The van der Waals surface area contributed by atoms with Gasteiger partial charge in [0.1, 0.15) is 0 Å². The molecular formula is C18H19N5O2S. The molecule has 0 radical (unpaired) electrons. The average molecular weight is 369 g/mol. The molecule has 0 saturated heterocycles. The van der Waals surface area contributed by atoms with Crippen molar-refractivity contribution in [2.24, 2.45) is 5.73 Å². The van der Waals surface area contributed by atoms with Gasteiger partial charge in [-0.15, -0.1) is 10.2 Å². The molecule has 0 saturated carbocycles. The topological polar surface area (TPSA) is 95.9 Å². The molecule has 0 aliphatic heterocycles. The maximum atomic E-state index is 11.2. The number of primary amides is 1. The molecule has 0 spiro atoms. The van der Waals surface area contributed by atoms with Crippen molar-refractivity contribution in [2.75, 3.05) is 13.7 Å². The zero-order valence-electron chi connectivity index (χ0n) is 14.3. The van der Waals surface area contributed by atoms with Crippen LogP contribution in [0.5, 0.6) is 0 Å². The third-order valence-corrected chi connectivity index (χ3v) is 4.82. The van der Waals surface area contributed by atoms with Gasteiger partial charge in [-0.3, -0.25) is 14.3 Å². The number of methoxy groups -OCH3 is 1. The van der Waals surface area contributed by atoms with Gasteiger partial charge in [-0.25, -0.2) is 0 Å². The fourth-order valence-corrected chi connectivity index (χ4v) is 3.33. The molecule has 0 bridgehead atoms. The summed E-state index contributed by atoms with van der Waals surface area (Å²) in [7, 11) is 1.67. The molecule has 3 aromatic rings. The number of carbonyl (C=O) groups is 1. The number of benzene rings is 1. The Balaban J connectivity index is 1.78. The van der Waals surface area contributed by atoms with Crippen molar-refractivity contribution < 1.29 is 9.53 Å². The molecular weight excluding hydrogens is 350 g/mol. The van der Waals surface area contributed by atoms with E-state index in [-0.39, 0.29) is 0 Å². The van der Waals surface area contributed by atoms with Crippen LogP contribution in [0.1, 0.15) is 15.9 Å². The van der Waals surface area contributed by atoms with Gasteiger partial charge in [-0.2, -0.15) is 0 Å². The van der Waals surface area contributed by atoms with Gasteiger partial charge >= 0.3 is 0 Å². The van der Waals surface area contributed by atoms with Gasteiger partial charge in [0.25, 0.3) is 0 Å².